The molecule has 1 atom stereocenters. The number of carbonyl (C=O) groups excluding carboxylic acids is 1. The molecule has 0 bridgehead atoms. The Morgan fingerprint density at radius 2 is 2.31 bits per heavy atom. The molecular formula is C11H12FNO2S. The Kier molecular flexibility index (Phi) is 3.16. The maximum atomic E-state index is 13.0. The highest BCUT2D eigenvalue weighted by Crippen LogP contribution is 2.27. The van der Waals surface area contributed by atoms with Crippen LogP contribution in [0.3, 0.4) is 0 Å². The number of benzene rings is 1. The van der Waals surface area contributed by atoms with E-state index in [0.29, 0.717) is 24.2 Å². The Balaban J connectivity index is 2.36. The molecule has 0 radical (unpaired) electrons. The number of hydrogen-bond donors (Lipinski definition) is 2. The highest BCUT2D eigenvalue weighted by molar-refractivity contribution is 7.81. The third-order valence-electron chi connectivity index (χ3n) is 2.61. The number of amides is 1. The van der Waals surface area contributed by atoms with Crippen molar-refractivity contribution in [3.8, 4) is 0 Å². The summed E-state index contributed by atoms with van der Waals surface area (Å²) >= 11 is 4.25. The third kappa shape index (κ3) is 2.05. The van der Waals surface area contributed by atoms with E-state index in [1.807, 2.05) is 0 Å². The summed E-state index contributed by atoms with van der Waals surface area (Å²) in [6.07, 6.45) is 0.380. The first-order valence-corrected chi connectivity index (χ1v) is 5.51. The molecule has 2 rings (SSSR count). The minimum Gasteiger partial charge on any atom is -0.392 e. The smallest absolute Gasteiger partial charge is 0.228 e. The number of rotatable bonds is 2. The molecule has 1 aliphatic heterocycles. The summed E-state index contributed by atoms with van der Waals surface area (Å²) in [5.41, 5.74) is 1.00. The zero-order valence-corrected chi connectivity index (χ0v) is 9.45. The van der Waals surface area contributed by atoms with E-state index in [-0.39, 0.29) is 17.8 Å². The molecule has 1 fully saturated rings. The molecule has 1 aliphatic rings. The quantitative estimate of drug-likeness (QED) is 0.767. The van der Waals surface area contributed by atoms with Gasteiger partial charge in [-0.3, -0.25) is 4.79 Å². The van der Waals surface area contributed by atoms with Gasteiger partial charge in [0.2, 0.25) is 5.91 Å². The van der Waals surface area contributed by atoms with Crippen LogP contribution in [-0.2, 0) is 11.4 Å². The summed E-state index contributed by atoms with van der Waals surface area (Å²) in [5, 5.41) is 9.14. The Morgan fingerprint density at radius 1 is 1.56 bits per heavy atom. The van der Waals surface area contributed by atoms with Crippen LogP contribution in [-0.4, -0.2) is 22.8 Å². The molecule has 0 spiro atoms. The lowest BCUT2D eigenvalue weighted by Crippen LogP contribution is -2.25. The van der Waals surface area contributed by atoms with Gasteiger partial charge in [-0.25, -0.2) is 4.39 Å². The minimum absolute atomic E-state index is 0.00379. The molecule has 0 aliphatic carbocycles. The molecule has 1 saturated heterocycles. The standard InChI is InChI=1S/C11H12FNO2S/c12-8-1-2-10(7(3-8)6-14)13-5-9(16)4-11(13)15/h1-3,9,14,16H,4-6H2. The molecule has 5 heteroatoms. The number of carbonyl (C=O) groups is 1. The lowest BCUT2D eigenvalue weighted by molar-refractivity contribution is -0.117. The Labute approximate surface area is 98.3 Å². The molecule has 0 aromatic heterocycles. The van der Waals surface area contributed by atoms with Crippen molar-refractivity contribution in [3.63, 3.8) is 0 Å². The molecule has 16 heavy (non-hydrogen) atoms. The summed E-state index contributed by atoms with van der Waals surface area (Å²) in [4.78, 5) is 13.2. The number of nitrogens with zero attached hydrogens (tertiary/aromatic N) is 1. The highest BCUT2D eigenvalue weighted by atomic mass is 32.1. The van der Waals surface area contributed by atoms with Gasteiger partial charge >= 0.3 is 0 Å². The van der Waals surface area contributed by atoms with Gasteiger partial charge in [-0.1, -0.05) is 0 Å². The second-order valence-corrected chi connectivity index (χ2v) is 4.52. The van der Waals surface area contributed by atoms with Gasteiger partial charge in [0.15, 0.2) is 0 Å². The van der Waals surface area contributed by atoms with Crippen LogP contribution in [0.2, 0.25) is 0 Å². The molecule has 1 unspecified atom stereocenters. The predicted molar refractivity (Wildman–Crippen MR) is 62.1 cm³/mol. The van der Waals surface area contributed by atoms with Crippen molar-refractivity contribution in [2.24, 2.45) is 0 Å². The van der Waals surface area contributed by atoms with E-state index in [2.05, 4.69) is 12.6 Å². The van der Waals surface area contributed by atoms with E-state index < -0.39 is 5.82 Å². The summed E-state index contributed by atoms with van der Waals surface area (Å²) < 4.78 is 13.0. The fourth-order valence-corrected chi connectivity index (χ4v) is 2.19. The SMILES string of the molecule is O=C1CC(S)CN1c1ccc(F)cc1CO. The van der Waals surface area contributed by atoms with Crippen LogP contribution in [0.4, 0.5) is 10.1 Å². The largest absolute Gasteiger partial charge is 0.392 e. The van der Waals surface area contributed by atoms with Crippen molar-refractivity contribution < 1.29 is 14.3 Å². The van der Waals surface area contributed by atoms with Gasteiger partial charge in [0, 0.05) is 29.5 Å². The second kappa shape index (κ2) is 4.43. The molecular weight excluding hydrogens is 229 g/mol. The van der Waals surface area contributed by atoms with Gasteiger partial charge in [-0.05, 0) is 18.2 Å². The van der Waals surface area contributed by atoms with E-state index in [4.69, 9.17) is 5.11 Å². The van der Waals surface area contributed by atoms with E-state index in [9.17, 15) is 9.18 Å². The summed E-state index contributed by atoms with van der Waals surface area (Å²) in [6.45, 7) is 0.217. The average Bonchev–Trinajstić information content (AvgIpc) is 2.57. The topological polar surface area (TPSA) is 40.5 Å². The zero-order valence-electron chi connectivity index (χ0n) is 8.56. The van der Waals surface area contributed by atoms with Gasteiger partial charge in [-0.15, -0.1) is 0 Å². The lowest BCUT2D eigenvalue weighted by Gasteiger charge is -2.19. The monoisotopic (exact) mass is 241 g/mol. The third-order valence-corrected chi connectivity index (χ3v) is 2.95. The normalized spacial score (nSPS) is 20.6. The first-order valence-electron chi connectivity index (χ1n) is 4.99. The molecule has 3 nitrogen and oxygen atoms in total. The first kappa shape index (κ1) is 11.4. The molecule has 1 aromatic carbocycles. The van der Waals surface area contributed by atoms with Gasteiger partial charge in [0.25, 0.3) is 0 Å². The number of halogens is 1. The summed E-state index contributed by atoms with van der Waals surface area (Å²) in [5.74, 6) is -0.455. The van der Waals surface area contributed by atoms with Crippen LogP contribution in [0.15, 0.2) is 18.2 Å². The van der Waals surface area contributed by atoms with Crippen LogP contribution < -0.4 is 4.90 Å². The van der Waals surface area contributed by atoms with Gasteiger partial charge in [0.05, 0.1) is 6.61 Å². The number of thiol groups is 1. The fraction of sp³-hybridized carbons (Fsp3) is 0.364. The van der Waals surface area contributed by atoms with Crippen molar-refractivity contribution >= 4 is 24.2 Å². The van der Waals surface area contributed by atoms with Crippen LogP contribution in [0.1, 0.15) is 12.0 Å². The average molecular weight is 241 g/mol. The minimum atomic E-state index is -0.415. The van der Waals surface area contributed by atoms with Crippen molar-refractivity contribution in [2.45, 2.75) is 18.3 Å². The van der Waals surface area contributed by atoms with Crippen molar-refractivity contribution in [2.75, 3.05) is 11.4 Å². The number of anilines is 1. The Bertz CT molecular complexity index is 424. The van der Waals surface area contributed by atoms with Crippen LogP contribution in [0.5, 0.6) is 0 Å². The van der Waals surface area contributed by atoms with E-state index in [0.717, 1.165) is 0 Å². The maximum absolute atomic E-state index is 13.0. The molecule has 1 heterocycles. The molecule has 1 N–H and O–H groups in total. The van der Waals surface area contributed by atoms with Crippen molar-refractivity contribution in [1.29, 1.82) is 0 Å². The Morgan fingerprint density at radius 3 is 2.88 bits per heavy atom. The molecule has 0 saturated carbocycles. The van der Waals surface area contributed by atoms with Gasteiger partial charge < -0.3 is 10.0 Å². The number of hydrogen-bond acceptors (Lipinski definition) is 3. The molecule has 86 valence electrons. The fourth-order valence-electron chi connectivity index (χ4n) is 1.87. The summed E-state index contributed by atoms with van der Waals surface area (Å²) in [7, 11) is 0. The predicted octanol–water partition coefficient (Wildman–Crippen LogP) is 1.35. The molecule has 1 amide bonds. The van der Waals surface area contributed by atoms with Crippen molar-refractivity contribution in [3.05, 3.63) is 29.6 Å². The maximum Gasteiger partial charge on any atom is 0.228 e. The first-order chi connectivity index (χ1) is 7.61. The van der Waals surface area contributed by atoms with Crippen LogP contribution in [0.25, 0.3) is 0 Å². The Hall–Kier alpha value is -1.07. The molecule has 1 aromatic rings. The second-order valence-electron chi connectivity index (χ2n) is 3.79. The van der Waals surface area contributed by atoms with Gasteiger partial charge in [0.1, 0.15) is 5.82 Å². The van der Waals surface area contributed by atoms with Crippen LogP contribution in [0, 0.1) is 5.82 Å². The highest BCUT2D eigenvalue weighted by Gasteiger charge is 2.29. The van der Waals surface area contributed by atoms with Crippen LogP contribution >= 0.6 is 12.6 Å². The zero-order chi connectivity index (χ0) is 11.7. The van der Waals surface area contributed by atoms with Gasteiger partial charge in [-0.2, -0.15) is 12.6 Å². The number of aliphatic hydroxyl groups excluding tert-OH is 1. The van der Waals surface area contributed by atoms with E-state index in [1.54, 1.807) is 4.90 Å². The van der Waals surface area contributed by atoms with Crippen molar-refractivity contribution in [1.82, 2.24) is 0 Å². The lowest BCUT2D eigenvalue weighted by atomic mass is 10.1. The summed E-state index contributed by atoms with van der Waals surface area (Å²) in [6, 6.07) is 4.05. The number of aliphatic hydroxyl groups is 1. The van der Waals surface area contributed by atoms with E-state index >= 15 is 0 Å². The van der Waals surface area contributed by atoms with E-state index in [1.165, 1.54) is 18.2 Å².